The maximum Gasteiger partial charge on any atom is 0.344 e. The highest BCUT2D eigenvalue weighted by Gasteiger charge is 2.27. The average Bonchev–Trinajstić information content (AvgIpc) is 3.26. The molecule has 0 saturated heterocycles. The van der Waals surface area contributed by atoms with Crippen molar-refractivity contribution >= 4 is 45.7 Å². The van der Waals surface area contributed by atoms with Crippen molar-refractivity contribution in [2.24, 2.45) is 5.73 Å². The third kappa shape index (κ3) is 4.28. The maximum absolute atomic E-state index is 14.2. The molecule has 3 N–H and O–H groups in total. The molecule has 0 aliphatic heterocycles. The minimum Gasteiger partial charge on any atom is -0.452 e. The standard InChI is InChI=1S/C18H13ClFN3O5S/c1-8-13(15(23-28-8)14-10(19)3-2-4-11(14)20)18(26)27-7-12(24)22-17-9(16(21)25)5-6-29-17/h2-6H,7H2,1H3,(H2,21,25)(H,22,24). The van der Waals surface area contributed by atoms with Crippen LogP contribution in [0.15, 0.2) is 34.2 Å². The number of aromatic nitrogens is 1. The molecule has 0 spiro atoms. The summed E-state index contributed by atoms with van der Waals surface area (Å²) in [6.45, 7) is 0.775. The summed E-state index contributed by atoms with van der Waals surface area (Å²) < 4.78 is 24.2. The second-order valence-electron chi connectivity index (χ2n) is 5.71. The molecule has 29 heavy (non-hydrogen) atoms. The van der Waals surface area contributed by atoms with Gasteiger partial charge < -0.3 is 20.3 Å². The third-order valence-electron chi connectivity index (χ3n) is 3.78. The number of nitrogens with two attached hydrogens (primary N) is 1. The number of thiophene rings is 1. The van der Waals surface area contributed by atoms with Gasteiger partial charge in [0.2, 0.25) is 0 Å². The van der Waals surface area contributed by atoms with E-state index >= 15 is 0 Å². The second kappa shape index (κ2) is 8.41. The molecule has 2 aromatic heterocycles. The van der Waals surface area contributed by atoms with E-state index in [1.54, 1.807) is 5.38 Å². The lowest BCUT2D eigenvalue weighted by atomic mass is 10.1. The molecule has 2 amide bonds. The van der Waals surface area contributed by atoms with Crippen molar-refractivity contribution in [3.63, 3.8) is 0 Å². The predicted molar refractivity (Wildman–Crippen MR) is 103 cm³/mol. The fraction of sp³-hybridized carbons (Fsp3) is 0.111. The number of primary amides is 1. The normalized spacial score (nSPS) is 10.6. The summed E-state index contributed by atoms with van der Waals surface area (Å²) in [6.07, 6.45) is 0. The first kappa shape index (κ1) is 20.5. The number of nitrogens with zero attached hydrogens (tertiary/aromatic N) is 1. The number of hydrogen-bond acceptors (Lipinski definition) is 7. The molecule has 0 fully saturated rings. The second-order valence-corrected chi connectivity index (χ2v) is 7.03. The summed E-state index contributed by atoms with van der Waals surface area (Å²) in [4.78, 5) is 35.8. The number of anilines is 1. The molecule has 0 aliphatic carbocycles. The van der Waals surface area contributed by atoms with Crippen LogP contribution >= 0.6 is 22.9 Å². The van der Waals surface area contributed by atoms with Crippen molar-refractivity contribution in [2.75, 3.05) is 11.9 Å². The van der Waals surface area contributed by atoms with Gasteiger partial charge in [0.25, 0.3) is 11.8 Å². The maximum atomic E-state index is 14.2. The molecule has 1 aromatic carbocycles. The summed E-state index contributed by atoms with van der Waals surface area (Å²) in [5.74, 6) is -2.98. The zero-order valence-corrected chi connectivity index (χ0v) is 16.4. The highest BCUT2D eigenvalue weighted by Crippen LogP contribution is 2.33. The van der Waals surface area contributed by atoms with E-state index < -0.39 is 30.2 Å². The van der Waals surface area contributed by atoms with Crippen LogP contribution in [-0.4, -0.2) is 29.5 Å². The Morgan fingerprint density at radius 2 is 2.10 bits per heavy atom. The molecule has 0 saturated carbocycles. The van der Waals surface area contributed by atoms with Gasteiger partial charge in [-0.15, -0.1) is 11.3 Å². The van der Waals surface area contributed by atoms with Gasteiger partial charge in [0.15, 0.2) is 6.61 Å². The fourth-order valence-electron chi connectivity index (χ4n) is 2.47. The SMILES string of the molecule is Cc1onc(-c2c(F)cccc2Cl)c1C(=O)OCC(=O)Nc1sccc1C(N)=O. The average molecular weight is 438 g/mol. The highest BCUT2D eigenvalue weighted by atomic mass is 35.5. The van der Waals surface area contributed by atoms with Crippen molar-refractivity contribution in [3.05, 3.63) is 57.4 Å². The van der Waals surface area contributed by atoms with Gasteiger partial charge in [0, 0.05) is 0 Å². The lowest BCUT2D eigenvalue weighted by molar-refractivity contribution is -0.119. The van der Waals surface area contributed by atoms with Gasteiger partial charge in [-0.05, 0) is 30.5 Å². The van der Waals surface area contributed by atoms with Crippen molar-refractivity contribution in [1.82, 2.24) is 5.16 Å². The van der Waals surface area contributed by atoms with Crippen LogP contribution in [0.2, 0.25) is 5.02 Å². The molecular formula is C18H13ClFN3O5S. The van der Waals surface area contributed by atoms with Crippen LogP contribution < -0.4 is 11.1 Å². The Kier molecular flexibility index (Phi) is 5.95. The molecule has 2 heterocycles. The van der Waals surface area contributed by atoms with Crippen LogP contribution in [0.4, 0.5) is 9.39 Å². The number of esters is 1. The van der Waals surface area contributed by atoms with E-state index in [1.807, 2.05) is 0 Å². The Hall–Kier alpha value is -3.24. The Bertz CT molecular complexity index is 1090. The molecule has 3 rings (SSSR count). The fourth-order valence-corrected chi connectivity index (χ4v) is 3.53. The molecule has 11 heteroatoms. The Morgan fingerprint density at radius 3 is 2.79 bits per heavy atom. The topological polar surface area (TPSA) is 125 Å². The zero-order valence-electron chi connectivity index (χ0n) is 14.8. The highest BCUT2D eigenvalue weighted by molar-refractivity contribution is 7.14. The lowest BCUT2D eigenvalue weighted by Gasteiger charge is -2.08. The molecule has 0 bridgehead atoms. The molecule has 0 atom stereocenters. The van der Waals surface area contributed by atoms with Gasteiger partial charge in [0.1, 0.15) is 27.8 Å². The van der Waals surface area contributed by atoms with Crippen molar-refractivity contribution in [2.45, 2.75) is 6.92 Å². The molecular weight excluding hydrogens is 425 g/mol. The summed E-state index contributed by atoms with van der Waals surface area (Å²) in [7, 11) is 0. The van der Waals surface area contributed by atoms with Crippen LogP contribution in [0, 0.1) is 12.7 Å². The number of rotatable bonds is 6. The molecule has 0 aliphatic rings. The van der Waals surface area contributed by atoms with Gasteiger partial charge in [-0.25, -0.2) is 9.18 Å². The lowest BCUT2D eigenvalue weighted by Crippen LogP contribution is -2.22. The number of benzene rings is 1. The predicted octanol–water partition coefficient (Wildman–Crippen LogP) is 3.40. The van der Waals surface area contributed by atoms with Crippen LogP contribution in [0.1, 0.15) is 26.5 Å². The van der Waals surface area contributed by atoms with Crippen molar-refractivity contribution in [3.8, 4) is 11.3 Å². The van der Waals surface area contributed by atoms with Crippen molar-refractivity contribution < 1.29 is 28.0 Å². The first-order chi connectivity index (χ1) is 13.8. The quantitative estimate of drug-likeness (QED) is 0.569. The summed E-state index contributed by atoms with van der Waals surface area (Å²) in [5.41, 5.74) is 4.94. The van der Waals surface area contributed by atoms with E-state index in [-0.39, 0.29) is 38.2 Å². The van der Waals surface area contributed by atoms with Crippen molar-refractivity contribution in [1.29, 1.82) is 0 Å². The monoisotopic (exact) mass is 437 g/mol. The minimum absolute atomic E-state index is 0.0294. The molecule has 3 aromatic rings. The number of aryl methyl sites for hydroxylation is 1. The molecule has 150 valence electrons. The number of carbonyl (C=O) groups excluding carboxylic acids is 3. The number of halogens is 2. The van der Waals surface area contributed by atoms with E-state index in [2.05, 4.69) is 10.5 Å². The number of amides is 2. The molecule has 0 radical (unpaired) electrons. The summed E-state index contributed by atoms with van der Waals surface area (Å²) >= 11 is 7.11. The third-order valence-corrected chi connectivity index (χ3v) is 4.93. The van der Waals surface area contributed by atoms with Crippen LogP contribution in [0.3, 0.4) is 0 Å². The van der Waals surface area contributed by atoms with Gasteiger partial charge >= 0.3 is 5.97 Å². The minimum atomic E-state index is -0.950. The molecule has 8 nitrogen and oxygen atoms in total. The van der Waals surface area contributed by atoms with Crippen LogP contribution in [0.5, 0.6) is 0 Å². The summed E-state index contributed by atoms with van der Waals surface area (Å²) in [5, 5.41) is 7.97. The Morgan fingerprint density at radius 1 is 1.34 bits per heavy atom. The zero-order chi connectivity index (χ0) is 21.1. The van der Waals surface area contributed by atoms with Crippen LogP contribution in [0.25, 0.3) is 11.3 Å². The smallest absolute Gasteiger partial charge is 0.344 e. The van der Waals surface area contributed by atoms with Gasteiger partial charge in [-0.2, -0.15) is 0 Å². The van der Waals surface area contributed by atoms with E-state index in [9.17, 15) is 18.8 Å². The largest absolute Gasteiger partial charge is 0.452 e. The first-order valence-electron chi connectivity index (χ1n) is 8.04. The van der Waals surface area contributed by atoms with Gasteiger partial charge in [-0.1, -0.05) is 22.8 Å². The van der Waals surface area contributed by atoms with Gasteiger partial charge in [-0.3, -0.25) is 9.59 Å². The first-order valence-corrected chi connectivity index (χ1v) is 9.30. The van der Waals surface area contributed by atoms with E-state index in [4.69, 9.17) is 26.6 Å². The molecule has 0 unspecified atom stereocenters. The van der Waals surface area contributed by atoms with E-state index in [0.717, 1.165) is 17.4 Å². The van der Waals surface area contributed by atoms with E-state index in [1.165, 1.54) is 25.1 Å². The number of carbonyl (C=O) groups is 3. The number of nitrogens with one attached hydrogen (secondary N) is 1. The van der Waals surface area contributed by atoms with E-state index in [0.29, 0.717) is 0 Å². The van der Waals surface area contributed by atoms with Gasteiger partial charge in [0.05, 0.1) is 16.1 Å². The summed E-state index contributed by atoms with van der Waals surface area (Å²) in [6, 6.07) is 5.45. The Balaban J connectivity index is 1.75. The number of hydrogen-bond donors (Lipinski definition) is 2. The van der Waals surface area contributed by atoms with Crippen LogP contribution in [-0.2, 0) is 9.53 Å². The Labute approximate surface area is 172 Å². The number of ether oxygens (including phenoxy) is 1.